The van der Waals surface area contributed by atoms with Gasteiger partial charge in [-0.3, -0.25) is 4.79 Å². The summed E-state index contributed by atoms with van der Waals surface area (Å²) in [7, 11) is 0. The van der Waals surface area contributed by atoms with Crippen LogP contribution in [0.5, 0.6) is 0 Å². The van der Waals surface area contributed by atoms with Crippen molar-refractivity contribution in [3.05, 3.63) is 52.0 Å². The first-order chi connectivity index (χ1) is 13.1. The van der Waals surface area contributed by atoms with Crippen LogP contribution < -0.4 is 4.90 Å². The lowest BCUT2D eigenvalue weighted by molar-refractivity contribution is 0.0370. The first-order valence-corrected chi connectivity index (χ1v) is 9.72. The average molecular weight is 381 g/mol. The SMILES string of the molecule is CC(=O)c1ccc2c(c1)-c1cc(C#N)c(Cl)cc1N1CCCCC1OCC2. The second-order valence-corrected chi connectivity index (χ2v) is 7.56. The van der Waals surface area contributed by atoms with Gasteiger partial charge in [-0.15, -0.1) is 0 Å². The van der Waals surface area contributed by atoms with Crippen LogP contribution in [0.25, 0.3) is 11.1 Å². The minimum Gasteiger partial charge on any atom is -0.358 e. The number of halogens is 1. The summed E-state index contributed by atoms with van der Waals surface area (Å²) in [6, 6.07) is 11.7. The van der Waals surface area contributed by atoms with E-state index in [1.54, 1.807) is 6.92 Å². The third kappa shape index (κ3) is 3.34. The molecular formula is C22H21ClN2O2. The average Bonchev–Trinajstić information content (AvgIpc) is 2.73. The third-order valence-electron chi connectivity index (χ3n) is 5.45. The van der Waals surface area contributed by atoms with E-state index >= 15 is 0 Å². The second-order valence-electron chi connectivity index (χ2n) is 7.15. The highest BCUT2D eigenvalue weighted by Gasteiger charge is 2.28. The van der Waals surface area contributed by atoms with Gasteiger partial charge in [0.25, 0.3) is 0 Å². The molecule has 2 heterocycles. The minimum atomic E-state index is 0.0168. The number of nitrogens with zero attached hydrogens (tertiary/aromatic N) is 2. The molecule has 2 aromatic rings. The number of carbonyl (C=O) groups excluding carboxylic acids is 1. The van der Waals surface area contributed by atoms with Crippen molar-refractivity contribution in [3.63, 3.8) is 0 Å². The molecule has 138 valence electrons. The molecule has 0 aliphatic carbocycles. The predicted molar refractivity (Wildman–Crippen MR) is 106 cm³/mol. The van der Waals surface area contributed by atoms with E-state index in [2.05, 4.69) is 11.0 Å². The topological polar surface area (TPSA) is 53.3 Å². The molecule has 0 aromatic heterocycles. The number of rotatable bonds is 1. The van der Waals surface area contributed by atoms with E-state index in [1.807, 2.05) is 30.3 Å². The summed E-state index contributed by atoms with van der Waals surface area (Å²) >= 11 is 6.39. The van der Waals surface area contributed by atoms with Crippen molar-refractivity contribution >= 4 is 23.1 Å². The fraction of sp³-hybridized carbons (Fsp3) is 0.364. The van der Waals surface area contributed by atoms with Crippen molar-refractivity contribution in [1.29, 1.82) is 5.26 Å². The van der Waals surface area contributed by atoms with Gasteiger partial charge in [-0.1, -0.05) is 23.7 Å². The number of piperidine rings is 1. The highest BCUT2D eigenvalue weighted by atomic mass is 35.5. The molecule has 1 atom stereocenters. The molecule has 2 aliphatic heterocycles. The number of hydrogen-bond donors (Lipinski definition) is 0. The van der Waals surface area contributed by atoms with E-state index in [9.17, 15) is 10.1 Å². The number of hydrogen-bond acceptors (Lipinski definition) is 4. The van der Waals surface area contributed by atoms with Gasteiger partial charge in [0, 0.05) is 23.4 Å². The van der Waals surface area contributed by atoms with Gasteiger partial charge >= 0.3 is 0 Å². The quantitative estimate of drug-likeness (QED) is 0.655. The Bertz CT molecular complexity index is 948. The van der Waals surface area contributed by atoms with Gasteiger partial charge in [0.2, 0.25) is 0 Å². The van der Waals surface area contributed by atoms with Crippen molar-refractivity contribution in [2.75, 3.05) is 18.1 Å². The minimum absolute atomic E-state index is 0.0168. The Morgan fingerprint density at radius 3 is 2.89 bits per heavy atom. The van der Waals surface area contributed by atoms with Gasteiger partial charge in [-0.2, -0.15) is 5.26 Å². The second kappa shape index (κ2) is 7.34. The number of fused-ring (bicyclic) bond motifs is 5. The van der Waals surface area contributed by atoms with Crippen molar-refractivity contribution in [3.8, 4) is 17.2 Å². The van der Waals surface area contributed by atoms with E-state index < -0.39 is 0 Å². The maximum absolute atomic E-state index is 12.0. The summed E-state index contributed by atoms with van der Waals surface area (Å²) in [5.74, 6) is 0.0285. The van der Waals surface area contributed by atoms with Gasteiger partial charge < -0.3 is 9.64 Å². The summed E-state index contributed by atoms with van der Waals surface area (Å²) in [5.41, 5.74) is 5.15. The van der Waals surface area contributed by atoms with Gasteiger partial charge in [-0.05, 0) is 61.9 Å². The summed E-state index contributed by atoms with van der Waals surface area (Å²) in [6.07, 6.45) is 4.00. The Morgan fingerprint density at radius 2 is 2.11 bits per heavy atom. The number of ketones is 1. The molecule has 27 heavy (non-hydrogen) atoms. The van der Waals surface area contributed by atoms with Crippen LogP contribution in [0.15, 0.2) is 30.3 Å². The van der Waals surface area contributed by atoms with E-state index in [1.165, 1.54) is 0 Å². The van der Waals surface area contributed by atoms with Crippen molar-refractivity contribution in [2.45, 2.75) is 38.8 Å². The maximum atomic E-state index is 12.0. The monoisotopic (exact) mass is 380 g/mol. The molecule has 1 saturated heterocycles. The number of carbonyl (C=O) groups is 1. The van der Waals surface area contributed by atoms with Crippen molar-refractivity contribution in [1.82, 2.24) is 0 Å². The van der Waals surface area contributed by atoms with Crippen LogP contribution in [0, 0.1) is 11.3 Å². The molecule has 1 unspecified atom stereocenters. The standard InChI is InChI=1S/C22H21ClN2O2/c1-14(26)16-6-5-15-7-9-27-22-4-2-3-8-25(22)21-12-20(23)17(13-24)11-19(21)18(15)10-16/h5-6,10-12,22H,2-4,7-9H2,1H3. The smallest absolute Gasteiger partial charge is 0.159 e. The Balaban J connectivity index is 1.99. The molecule has 4 nitrogen and oxygen atoms in total. The summed E-state index contributed by atoms with van der Waals surface area (Å²) < 4.78 is 6.21. The zero-order chi connectivity index (χ0) is 19.0. The van der Waals surface area contributed by atoms with Crippen LogP contribution in [0.4, 0.5) is 5.69 Å². The third-order valence-corrected chi connectivity index (χ3v) is 5.76. The lowest BCUT2D eigenvalue weighted by Crippen LogP contribution is -2.41. The van der Waals surface area contributed by atoms with E-state index in [4.69, 9.17) is 16.3 Å². The molecule has 5 heteroatoms. The lowest BCUT2D eigenvalue weighted by atomic mass is 9.92. The summed E-state index contributed by atoms with van der Waals surface area (Å²) in [6.45, 7) is 3.09. The number of nitriles is 1. The number of Topliss-reactive ketones (excluding diaryl/α,β-unsaturated/α-hetero) is 1. The van der Waals surface area contributed by atoms with Crippen LogP contribution in [0.3, 0.4) is 0 Å². The van der Waals surface area contributed by atoms with Crippen LogP contribution in [-0.2, 0) is 11.2 Å². The van der Waals surface area contributed by atoms with E-state index in [-0.39, 0.29) is 12.0 Å². The molecule has 0 spiro atoms. The Morgan fingerprint density at radius 1 is 1.26 bits per heavy atom. The van der Waals surface area contributed by atoms with Gasteiger partial charge in [-0.25, -0.2) is 0 Å². The van der Waals surface area contributed by atoms with Crippen LogP contribution in [0.1, 0.15) is 47.7 Å². The van der Waals surface area contributed by atoms with Gasteiger partial charge in [0.1, 0.15) is 12.3 Å². The molecule has 4 rings (SSSR count). The molecule has 2 aromatic carbocycles. The first kappa shape index (κ1) is 18.0. The predicted octanol–water partition coefficient (Wildman–Crippen LogP) is 4.97. The number of benzene rings is 2. The molecule has 0 N–H and O–H groups in total. The molecule has 0 radical (unpaired) electrons. The Labute approximate surface area is 164 Å². The molecule has 0 amide bonds. The Kier molecular flexibility index (Phi) is 4.90. The fourth-order valence-corrected chi connectivity index (χ4v) is 4.22. The fourth-order valence-electron chi connectivity index (χ4n) is 4.02. The molecule has 1 fully saturated rings. The number of ether oxygens (including phenoxy) is 1. The summed E-state index contributed by atoms with van der Waals surface area (Å²) in [4.78, 5) is 14.2. The zero-order valence-corrected chi connectivity index (χ0v) is 16.1. The normalized spacial score (nSPS) is 18.9. The maximum Gasteiger partial charge on any atom is 0.159 e. The molecule has 2 aliphatic rings. The molecule has 0 saturated carbocycles. The van der Waals surface area contributed by atoms with Crippen LogP contribution in [0.2, 0.25) is 5.02 Å². The van der Waals surface area contributed by atoms with Crippen molar-refractivity contribution in [2.24, 2.45) is 0 Å². The lowest BCUT2D eigenvalue weighted by Gasteiger charge is -2.38. The van der Waals surface area contributed by atoms with Crippen LogP contribution in [-0.4, -0.2) is 25.2 Å². The van der Waals surface area contributed by atoms with Crippen molar-refractivity contribution < 1.29 is 9.53 Å². The molecule has 0 bridgehead atoms. The summed E-state index contributed by atoms with van der Waals surface area (Å²) in [5, 5.41) is 9.95. The van der Waals surface area contributed by atoms with Crippen LogP contribution >= 0.6 is 11.6 Å². The largest absolute Gasteiger partial charge is 0.358 e. The van der Waals surface area contributed by atoms with E-state index in [0.717, 1.165) is 54.6 Å². The first-order valence-electron chi connectivity index (χ1n) is 9.34. The zero-order valence-electron chi connectivity index (χ0n) is 15.3. The highest BCUT2D eigenvalue weighted by molar-refractivity contribution is 6.32. The number of anilines is 1. The van der Waals surface area contributed by atoms with Gasteiger partial charge in [0.05, 0.1) is 17.2 Å². The van der Waals surface area contributed by atoms with E-state index in [0.29, 0.717) is 22.8 Å². The molecular weight excluding hydrogens is 360 g/mol. The van der Waals surface area contributed by atoms with Gasteiger partial charge in [0.15, 0.2) is 5.78 Å². The highest BCUT2D eigenvalue weighted by Crippen LogP contribution is 2.41. The Hall–Kier alpha value is -2.35.